The molecule has 1 aliphatic rings. The first kappa shape index (κ1) is 14.5. The van der Waals surface area contributed by atoms with Crippen LogP contribution in [0.1, 0.15) is 56.1 Å². The molecule has 0 aromatic heterocycles. The fourth-order valence-corrected chi connectivity index (χ4v) is 2.73. The fourth-order valence-electron chi connectivity index (χ4n) is 2.73. The lowest BCUT2D eigenvalue weighted by atomic mass is 10.00. The Labute approximate surface area is 117 Å². The van der Waals surface area contributed by atoms with Crippen LogP contribution in [-0.2, 0) is 6.54 Å². The van der Waals surface area contributed by atoms with Gasteiger partial charge in [0.2, 0.25) is 0 Å². The number of aliphatic hydroxyl groups excluding tert-OH is 1. The second-order valence-corrected chi connectivity index (χ2v) is 5.82. The summed E-state index contributed by atoms with van der Waals surface area (Å²) in [6, 6.07) is 9.00. The molecular formula is C17H27NO. The quantitative estimate of drug-likeness (QED) is 0.713. The normalized spacial score (nSPS) is 16.5. The van der Waals surface area contributed by atoms with E-state index in [-0.39, 0.29) is 0 Å². The first-order valence-corrected chi connectivity index (χ1v) is 7.74. The Morgan fingerprint density at radius 3 is 2.84 bits per heavy atom. The van der Waals surface area contributed by atoms with Crippen LogP contribution in [0.2, 0.25) is 0 Å². The molecule has 1 aliphatic carbocycles. The first-order valence-electron chi connectivity index (χ1n) is 7.74. The lowest BCUT2D eigenvalue weighted by Gasteiger charge is -2.16. The topological polar surface area (TPSA) is 32.3 Å². The summed E-state index contributed by atoms with van der Waals surface area (Å²) < 4.78 is 0. The van der Waals surface area contributed by atoms with Gasteiger partial charge < -0.3 is 10.4 Å². The third kappa shape index (κ3) is 4.96. The van der Waals surface area contributed by atoms with Gasteiger partial charge in [0, 0.05) is 13.2 Å². The maximum Gasteiger partial charge on any atom is 0.0434 e. The summed E-state index contributed by atoms with van der Waals surface area (Å²) in [5, 5.41) is 12.6. The third-order valence-corrected chi connectivity index (χ3v) is 4.00. The van der Waals surface area contributed by atoms with Crippen molar-refractivity contribution >= 4 is 0 Å². The van der Waals surface area contributed by atoms with Crippen molar-refractivity contribution in [2.24, 2.45) is 5.92 Å². The lowest BCUT2D eigenvalue weighted by molar-refractivity contribution is 0.248. The number of aliphatic hydroxyl groups is 1. The van der Waals surface area contributed by atoms with E-state index in [1.54, 1.807) is 0 Å². The van der Waals surface area contributed by atoms with Gasteiger partial charge in [-0.05, 0) is 55.2 Å². The SMILES string of the molecule is CCCC(CCO)CNCc1cccc(C2CC2)c1. The van der Waals surface area contributed by atoms with Gasteiger partial charge in [-0.15, -0.1) is 0 Å². The van der Waals surface area contributed by atoms with Crippen LogP contribution in [0.5, 0.6) is 0 Å². The molecular weight excluding hydrogens is 234 g/mol. The molecule has 0 saturated heterocycles. The Kier molecular flexibility index (Phi) is 5.87. The number of rotatable bonds is 9. The average Bonchev–Trinajstić information content (AvgIpc) is 3.24. The van der Waals surface area contributed by atoms with Crippen molar-refractivity contribution < 1.29 is 5.11 Å². The van der Waals surface area contributed by atoms with Crippen molar-refractivity contribution in [3.8, 4) is 0 Å². The minimum atomic E-state index is 0.309. The molecule has 1 saturated carbocycles. The van der Waals surface area contributed by atoms with Crippen molar-refractivity contribution in [2.75, 3.05) is 13.2 Å². The van der Waals surface area contributed by atoms with Crippen LogP contribution in [0.3, 0.4) is 0 Å². The molecule has 0 heterocycles. The molecule has 1 aromatic rings. The molecule has 0 amide bonds. The maximum absolute atomic E-state index is 9.06. The minimum absolute atomic E-state index is 0.309. The second kappa shape index (κ2) is 7.66. The van der Waals surface area contributed by atoms with Crippen LogP contribution in [0.15, 0.2) is 24.3 Å². The van der Waals surface area contributed by atoms with Crippen LogP contribution in [0.4, 0.5) is 0 Å². The van der Waals surface area contributed by atoms with Gasteiger partial charge in [0.25, 0.3) is 0 Å². The van der Waals surface area contributed by atoms with Gasteiger partial charge in [-0.3, -0.25) is 0 Å². The Morgan fingerprint density at radius 2 is 2.16 bits per heavy atom. The number of hydrogen-bond donors (Lipinski definition) is 2. The van der Waals surface area contributed by atoms with E-state index in [1.165, 1.54) is 36.8 Å². The van der Waals surface area contributed by atoms with Gasteiger partial charge in [0.1, 0.15) is 0 Å². The van der Waals surface area contributed by atoms with Crippen LogP contribution in [0, 0.1) is 5.92 Å². The maximum atomic E-state index is 9.06. The van der Waals surface area contributed by atoms with Crippen molar-refractivity contribution in [3.05, 3.63) is 35.4 Å². The number of nitrogens with one attached hydrogen (secondary N) is 1. The molecule has 0 radical (unpaired) electrons. The van der Waals surface area contributed by atoms with E-state index in [0.29, 0.717) is 12.5 Å². The summed E-state index contributed by atoms with van der Waals surface area (Å²) in [5.74, 6) is 1.45. The van der Waals surface area contributed by atoms with E-state index < -0.39 is 0 Å². The zero-order valence-corrected chi connectivity index (χ0v) is 12.1. The summed E-state index contributed by atoms with van der Waals surface area (Å²) in [6.07, 6.45) is 6.06. The molecule has 2 nitrogen and oxygen atoms in total. The molecule has 2 rings (SSSR count). The first-order chi connectivity index (χ1) is 9.33. The van der Waals surface area contributed by atoms with Crippen molar-refractivity contribution in [2.45, 2.75) is 51.5 Å². The highest BCUT2D eigenvalue weighted by Crippen LogP contribution is 2.40. The Balaban J connectivity index is 1.76. The predicted octanol–water partition coefficient (Wildman–Crippen LogP) is 3.45. The summed E-state index contributed by atoms with van der Waals surface area (Å²) in [5.41, 5.74) is 2.91. The number of hydrogen-bond acceptors (Lipinski definition) is 2. The van der Waals surface area contributed by atoms with Crippen LogP contribution >= 0.6 is 0 Å². The molecule has 1 unspecified atom stereocenters. The van der Waals surface area contributed by atoms with E-state index in [9.17, 15) is 0 Å². The zero-order chi connectivity index (χ0) is 13.5. The summed E-state index contributed by atoms with van der Waals surface area (Å²) >= 11 is 0. The van der Waals surface area contributed by atoms with Gasteiger partial charge in [0.15, 0.2) is 0 Å². The molecule has 0 spiro atoms. The van der Waals surface area contributed by atoms with Gasteiger partial charge in [0.05, 0.1) is 0 Å². The highest BCUT2D eigenvalue weighted by atomic mass is 16.3. The van der Waals surface area contributed by atoms with Crippen molar-refractivity contribution in [1.29, 1.82) is 0 Å². The Morgan fingerprint density at radius 1 is 1.32 bits per heavy atom. The van der Waals surface area contributed by atoms with E-state index >= 15 is 0 Å². The van der Waals surface area contributed by atoms with Gasteiger partial charge in [-0.25, -0.2) is 0 Å². The molecule has 0 bridgehead atoms. The Hall–Kier alpha value is -0.860. The zero-order valence-electron chi connectivity index (χ0n) is 12.1. The fraction of sp³-hybridized carbons (Fsp3) is 0.647. The van der Waals surface area contributed by atoms with Crippen LogP contribution < -0.4 is 5.32 Å². The molecule has 1 atom stereocenters. The van der Waals surface area contributed by atoms with E-state index in [0.717, 1.165) is 25.4 Å². The monoisotopic (exact) mass is 261 g/mol. The van der Waals surface area contributed by atoms with E-state index in [2.05, 4.69) is 36.5 Å². The smallest absolute Gasteiger partial charge is 0.0434 e. The standard InChI is InChI=1S/C17H27NO/c1-2-4-14(9-10-19)12-18-13-15-5-3-6-17(11-15)16-7-8-16/h3,5-6,11,14,16,18-19H,2,4,7-10,12-13H2,1H3. The number of benzene rings is 1. The summed E-state index contributed by atoms with van der Waals surface area (Å²) in [6.45, 7) is 4.49. The highest BCUT2D eigenvalue weighted by molar-refractivity contribution is 5.29. The average molecular weight is 261 g/mol. The molecule has 2 N–H and O–H groups in total. The summed E-state index contributed by atoms with van der Waals surface area (Å²) in [4.78, 5) is 0. The van der Waals surface area contributed by atoms with E-state index in [1.807, 2.05) is 0 Å². The summed E-state index contributed by atoms with van der Waals surface area (Å²) in [7, 11) is 0. The van der Waals surface area contributed by atoms with Crippen molar-refractivity contribution in [3.63, 3.8) is 0 Å². The molecule has 19 heavy (non-hydrogen) atoms. The van der Waals surface area contributed by atoms with Gasteiger partial charge in [-0.1, -0.05) is 37.6 Å². The molecule has 1 fully saturated rings. The minimum Gasteiger partial charge on any atom is -0.396 e. The predicted molar refractivity (Wildman–Crippen MR) is 80.2 cm³/mol. The molecule has 2 heteroatoms. The second-order valence-electron chi connectivity index (χ2n) is 5.82. The van der Waals surface area contributed by atoms with Crippen LogP contribution in [-0.4, -0.2) is 18.3 Å². The van der Waals surface area contributed by atoms with E-state index in [4.69, 9.17) is 5.11 Å². The lowest BCUT2D eigenvalue weighted by Crippen LogP contribution is -2.23. The highest BCUT2D eigenvalue weighted by Gasteiger charge is 2.23. The molecule has 0 aliphatic heterocycles. The molecule has 1 aromatic carbocycles. The van der Waals surface area contributed by atoms with Crippen LogP contribution in [0.25, 0.3) is 0 Å². The largest absolute Gasteiger partial charge is 0.396 e. The van der Waals surface area contributed by atoms with Crippen molar-refractivity contribution in [1.82, 2.24) is 5.32 Å². The van der Waals surface area contributed by atoms with Gasteiger partial charge in [-0.2, -0.15) is 0 Å². The van der Waals surface area contributed by atoms with Gasteiger partial charge >= 0.3 is 0 Å². The third-order valence-electron chi connectivity index (χ3n) is 4.00. The Bertz CT molecular complexity index is 367. The molecule has 106 valence electrons.